The van der Waals surface area contributed by atoms with E-state index in [1.165, 1.54) is 4.90 Å². The van der Waals surface area contributed by atoms with Gasteiger partial charge in [-0.25, -0.2) is 0 Å². The van der Waals surface area contributed by atoms with E-state index in [1.54, 1.807) is 32.0 Å². The summed E-state index contributed by atoms with van der Waals surface area (Å²) in [7, 11) is 0. The molecule has 1 unspecified atom stereocenters. The van der Waals surface area contributed by atoms with Crippen LogP contribution in [0.3, 0.4) is 0 Å². The molecule has 5 nitrogen and oxygen atoms in total. The van der Waals surface area contributed by atoms with E-state index in [-0.39, 0.29) is 30.8 Å². The predicted octanol–water partition coefficient (Wildman–Crippen LogP) is 3.72. The minimum atomic E-state index is -0.979. The number of carbonyl (C=O) groups is 2. The zero-order valence-corrected chi connectivity index (χ0v) is 16.4. The van der Waals surface area contributed by atoms with Crippen molar-refractivity contribution >= 4 is 53.1 Å². The summed E-state index contributed by atoms with van der Waals surface area (Å²) >= 11 is 12.0. The lowest BCUT2D eigenvalue weighted by Gasteiger charge is -2.30. The normalized spacial score (nSPS) is 12.8. The Balaban J connectivity index is 0.00000529. The van der Waals surface area contributed by atoms with Gasteiger partial charge in [-0.3, -0.25) is 9.59 Å². The van der Waals surface area contributed by atoms with Gasteiger partial charge in [-0.2, -0.15) is 0 Å². The van der Waals surface area contributed by atoms with Gasteiger partial charge >= 0.3 is 0 Å². The highest BCUT2D eigenvalue weighted by atomic mass is 35.5. The largest absolute Gasteiger partial charge is 0.332 e. The lowest BCUT2D eigenvalue weighted by Crippen LogP contribution is -2.54. The van der Waals surface area contributed by atoms with Crippen molar-refractivity contribution in [3.05, 3.63) is 28.2 Å². The molecule has 0 saturated carbocycles. The van der Waals surface area contributed by atoms with Crippen LogP contribution in [0, 0.1) is 0 Å². The summed E-state index contributed by atoms with van der Waals surface area (Å²) in [4.78, 5) is 26.1. The molecule has 0 aromatic heterocycles. The average molecular weight is 397 g/mol. The average Bonchev–Trinajstić information content (AvgIpc) is 2.48. The van der Waals surface area contributed by atoms with E-state index in [0.717, 1.165) is 6.42 Å². The minimum Gasteiger partial charge on any atom is -0.332 e. The molecular formula is C16H24Cl3N3O2. The fourth-order valence-electron chi connectivity index (χ4n) is 2.28. The molecule has 0 bridgehead atoms. The van der Waals surface area contributed by atoms with Crippen LogP contribution in [0.1, 0.15) is 33.6 Å². The first-order valence-corrected chi connectivity index (χ1v) is 8.30. The predicted molar refractivity (Wildman–Crippen MR) is 102 cm³/mol. The van der Waals surface area contributed by atoms with Crippen molar-refractivity contribution < 1.29 is 9.59 Å². The Bertz CT molecular complexity index is 559. The number of halogens is 3. The van der Waals surface area contributed by atoms with Crippen LogP contribution in [0.5, 0.6) is 0 Å². The molecule has 3 N–H and O–H groups in total. The fraction of sp³-hybridized carbons (Fsp3) is 0.500. The molecule has 0 saturated heterocycles. The van der Waals surface area contributed by atoms with Gasteiger partial charge in [0.15, 0.2) is 0 Å². The van der Waals surface area contributed by atoms with E-state index in [9.17, 15) is 9.59 Å². The summed E-state index contributed by atoms with van der Waals surface area (Å²) in [5.41, 5.74) is 5.42. The van der Waals surface area contributed by atoms with Crippen molar-refractivity contribution in [1.82, 2.24) is 4.90 Å². The smallest absolute Gasteiger partial charge is 0.244 e. The number of benzene rings is 1. The summed E-state index contributed by atoms with van der Waals surface area (Å²) in [6.45, 7) is 5.73. The van der Waals surface area contributed by atoms with E-state index in [2.05, 4.69) is 5.32 Å². The van der Waals surface area contributed by atoms with E-state index in [1.807, 2.05) is 6.92 Å². The molecule has 0 radical (unpaired) electrons. The molecule has 0 fully saturated rings. The lowest BCUT2D eigenvalue weighted by molar-refractivity contribution is -0.139. The van der Waals surface area contributed by atoms with Gasteiger partial charge in [-0.1, -0.05) is 42.6 Å². The Morgan fingerprint density at radius 3 is 2.25 bits per heavy atom. The topological polar surface area (TPSA) is 75.4 Å². The number of amides is 2. The molecule has 1 aromatic carbocycles. The number of anilines is 1. The van der Waals surface area contributed by atoms with Crippen molar-refractivity contribution in [2.24, 2.45) is 5.73 Å². The Morgan fingerprint density at radius 1 is 1.25 bits per heavy atom. The molecule has 0 spiro atoms. The number of carbonyl (C=O) groups excluding carboxylic acids is 2. The maximum atomic E-state index is 12.5. The molecule has 1 aromatic rings. The summed E-state index contributed by atoms with van der Waals surface area (Å²) in [5.74, 6) is -0.621. The van der Waals surface area contributed by atoms with Crippen molar-refractivity contribution in [3.8, 4) is 0 Å². The van der Waals surface area contributed by atoms with E-state index in [4.69, 9.17) is 28.9 Å². The van der Waals surface area contributed by atoms with Crippen LogP contribution in [0.4, 0.5) is 5.69 Å². The number of hydrogen-bond acceptors (Lipinski definition) is 3. The quantitative estimate of drug-likeness (QED) is 0.737. The van der Waals surface area contributed by atoms with Gasteiger partial charge < -0.3 is 16.0 Å². The number of nitrogens with two attached hydrogens (primary N) is 1. The Hall–Kier alpha value is -1.01. The Labute approximate surface area is 159 Å². The molecule has 8 heteroatoms. The maximum absolute atomic E-state index is 12.5. The molecule has 0 aliphatic heterocycles. The molecular weight excluding hydrogens is 373 g/mol. The van der Waals surface area contributed by atoms with Crippen molar-refractivity contribution in [2.45, 2.75) is 39.2 Å². The third kappa shape index (κ3) is 6.13. The minimum absolute atomic E-state index is 0. The van der Waals surface area contributed by atoms with Crippen LogP contribution >= 0.6 is 35.6 Å². The molecule has 0 aliphatic rings. The van der Waals surface area contributed by atoms with Gasteiger partial charge in [0.25, 0.3) is 0 Å². The first-order chi connectivity index (χ1) is 10.7. The second-order valence-electron chi connectivity index (χ2n) is 5.63. The number of nitrogens with one attached hydrogen (secondary N) is 1. The SMILES string of the molecule is CCCC(C)(N)C(=O)N(CC)CC(=O)Nc1c(Cl)cccc1Cl.Cl. The molecule has 1 atom stereocenters. The maximum Gasteiger partial charge on any atom is 0.244 e. The van der Waals surface area contributed by atoms with Crippen molar-refractivity contribution in [3.63, 3.8) is 0 Å². The van der Waals surface area contributed by atoms with Gasteiger partial charge in [-0.05, 0) is 32.4 Å². The molecule has 2 amide bonds. The van der Waals surface area contributed by atoms with Crippen LogP contribution in [-0.2, 0) is 9.59 Å². The van der Waals surface area contributed by atoms with Crippen LogP contribution in [-0.4, -0.2) is 35.3 Å². The molecule has 0 aliphatic carbocycles. The van der Waals surface area contributed by atoms with Crippen LogP contribution in [0.25, 0.3) is 0 Å². The number of rotatable bonds is 7. The van der Waals surface area contributed by atoms with Crippen LogP contribution in [0.15, 0.2) is 18.2 Å². The van der Waals surface area contributed by atoms with Crippen molar-refractivity contribution in [2.75, 3.05) is 18.4 Å². The molecule has 24 heavy (non-hydrogen) atoms. The number of para-hydroxylation sites is 1. The van der Waals surface area contributed by atoms with Gasteiger partial charge in [0.2, 0.25) is 11.8 Å². The molecule has 1 rings (SSSR count). The fourth-order valence-corrected chi connectivity index (χ4v) is 2.78. The Morgan fingerprint density at radius 2 is 1.79 bits per heavy atom. The van der Waals surface area contributed by atoms with E-state index >= 15 is 0 Å². The summed E-state index contributed by atoms with van der Waals surface area (Å²) in [6.07, 6.45) is 1.35. The standard InChI is InChI=1S/C16H23Cl2N3O2.ClH/c1-4-9-16(3,19)15(23)21(5-2)10-13(22)20-14-11(17)7-6-8-12(14)18;/h6-8H,4-5,9-10,19H2,1-3H3,(H,20,22);1H. The van der Waals surface area contributed by atoms with E-state index < -0.39 is 5.54 Å². The zero-order valence-electron chi connectivity index (χ0n) is 14.1. The first-order valence-electron chi connectivity index (χ1n) is 7.55. The van der Waals surface area contributed by atoms with Gasteiger partial charge in [0.1, 0.15) is 0 Å². The third-order valence-electron chi connectivity index (χ3n) is 3.49. The van der Waals surface area contributed by atoms with Gasteiger partial charge in [0.05, 0.1) is 27.8 Å². The first kappa shape index (κ1) is 23.0. The van der Waals surface area contributed by atoms with Gasteiger partial charge in [-0.15, -0.1) is 12.4 Å². The highest BCUT2D eigenvalue weighted by Crippen LogP contribution is 2.29. The highest BCUT2D eigenvalue weighted by molar-refractivity contribution is 6.39. The zero-order chi connectivity index (χ0) is 17.6. The molecule has 136 valence electrons. The van der Waals surface area contributed by atoms with Crippen molar-refractivity contribution in [1.29, 1.82) is 0 Å². The second kappa shape index (κ2) is 10.1. The number of likely N-dealkylation sites (N-methyl/N-ethyl adjacent to an activating group) is 1. The van der Waals surface area contributed by atoms with Gasteiger partial charge in [0, 0.05) is 6.54 Å². The van der Waals surface area contributed by atoms with E-state index in [0.29, 0.717) is 28.7 Å². The number of nitrogens with zero attached hydrogens (tertiary/aromatic N) is 1. The molecule has 0 heterocycles. The summed E-state index contributed by atoms with van der Waals surface area (Å²) in [5, 5.41) is 3.33. The Kier molecular flexibility index (Phi) is 9.66. The number of hydrogen-bond donors (Lipinski definition) is 2. The second-order valence-corrected chi connectivity index (χ2v) is 6.45. The lowest BCUT2D eigenvalue weighted by atomic mass is 9.95. The summed E-state index contributed by atoms with van der Waals surface area (Å²) in [6, 6.07) is 4.95. The monoisotopic (exact) mass is 395 g/mol. The van der Waals surface area contributed by atoms with Crippen LogP contribution in [0.2, 0.25) is 10.0 Å². The van der Waals surface area contributed by atoms with Crippen LogP contribution < -0.4 is 11.1 Å². The summed E-state index contributed by atoms with van der Waals surface area (Å²) < 4.78 is 0. The highest BCUT2D eigenvalue weighted by Gasteiger charge is 2.32. The third-order valence-corrected chi connectivity index (χ3v) is 4.12.